The maximum atomic E-state index is 13.2. The molecule has 0 spiro atoms. The first-order valence-corrected chi connectivity index (χ1v) is 10.5. The number of carbonyl (C=O) groups is 1. The highest BCUT2D eigenvalue weighted by atomic mass is 35.5. The number of aryl methyl sites for hydroxylation is 2. The number of rotatable bonds is 4. The van der Waals surface area contributed by atoms with Gasteiger partial charge in [-0.15, -0.1) is 10.2 Å². The van der Waals surface area contributed by atoms with Crippen molar-refractivity contribution in [2.75, 3.05) is 11.4 Å². The lowest BCUT2D eigenvalue weighted by atomic mass is 10.0. The van der Waals surface area contributed by atoms with Crippen molar-refractivity contribution in [3.63, 3.8) is 0 Å². The molecule has 0 aliphatic carbocycles. The van der Waals surface area contributed by atoms with Gasteiger partial charge in [0, 0.05) is 17.3 Å². The molecule has 1 amide bonds. The lowest BCUT2D eigenvalue weighted by Crippen LogP contribution is -2.40. The first-order chi connectivity index (χ1) is 13.5. The Morgan fingerprint density at radius 2 is 2.07 bits per heavy atom. The van der Waals surface area contributed by atoms with E-state index >= 15 is 0 Å². The van der Waals surface area contributed by atoms with Gasteiger partial charge in [0.1, 0.15) is 6.33 Å². The minimum absolute atomic E-state index is 0.0913. The van der Waals surface area contributed by atoms with Crippen LogP contribution < -0.4 is 4.90 Å². The number of carbonyl (C=O) groups excluding carboxylic acids is 1. The predicted octanol–water partition coefficient (Wildman–Crippen LogP) is 4.69. The molecule has 28 heavy (non-hydrogen) atoms. The molecule has 3 aromatic rings. The standard InChI is InChI=1S/C21H21ClN4OS/c1-14-9-10-17(12-18(14)22)26-13-23-24-21(26)28-15(2)20(27)25-11-5-7-16-6-3-4-8-19(16)25/h3-4,6,8-10,12-13,15H,5,7,11H2,1-2H3. The Kier molecular flexibility index (Phi) is 5.42. The van der Waals surface area contributed by atoms with E-state index < -0.39 is 0 Å². The number of para-hydroxylation sites is 1. The highest BCUT2D eigenvalue weighted by Crippen LogP contribution is 2.31. The van der Waals surface area contributed by atoms with Gasteiger partial charge in [-0.2, -0.15) is 0 Å². The van der Waals surface area contributed by atoms with Crippen molar-refractivity contribution in [2.45, 2.75) is 37.1 Å². The molecule has 0 saturated carbocycles. The van der Waals surface area contributed by atoms with Crippen molar-refractivity contribution in [2.24, 2.45) is 0 Å². The van der Waals surface area contributed by atoms with Gasteiger partial charge in [-0.05, 0) is 56.0 Å². The van der Waals surface area contributed by atoms with E-state index in [4.69, 9.17) is 11.6 Å². The number of hydrogen-bond acceptors (Lipinski definition) is 4. The zero-order valence-electron chi connectivity index (χ0n) is 15.8. The summed E-state index contributed by atoms with van der Waals surface area (Å²) < 4.78 is 1.86. The molecule has 2 heterocycles. The fraction of sp³-hybridized carbons (Fsp3) is 0.286. The van der Waals surface area contributed by atoms with Gasteiger partial charge in [0.25, 0.3) is 0 Å². The highest BCUT2D eigenvalue weighted by Gasteiger charge is 2.28. The Bertz CT molecular complexity index is 1020. The zero-order valence-corrected chi connectivity index (χ0v) is 17.4. The normalized spacial score (nSPS) is 14.6. The second-order valence-electron chi connectivity index (χ2n) is 6.90. The molecule has 0 N–H and O–H groups in total. The summed E-state index contributed by atoms with van der Waals surface area (Å²) in [5.41, 5.74) is 4.15. The largest absolute Gasteiger partial charge is 0.311 e. The van der Waals surface area contributed by atoms with Gasteiger partial charge in [0.2, 0.25) is 5.91 Å². The van der Waals surface area contributed by atoms with E-state index in [2.05, 4.69) is 16.3 Å². The average molecular weight is 413 g/mol. The third-order valence-corrected chi connectivity index (χ3v) is 6.41. The highest BCUT2D eigenvalue weighted by molar-refractivity contribution is 8.00. The predicted molar refractivity (Wildman–Crippen MR) is 114 cm³/mol. The van der Waals surface area contributed by atoms with Crippen LogP contribution in [0, 0.1) is 6.92 Å². The lowest BCUT2D eigenvalue weighted by molar-refractivity contribution is -0.117. The van der Waals surface area contributed by atoms with Crippen LogP contribution in [0.2, 0.25) is 5.02 Å². The van der Waals surface area contributed by atoms with Crippen LogP contribution in [-0.2, 0) is 11.2 Å². The van der Waals surface area contributed by atoms with Crippen LogP contribution in [0.25, 0.3) is 5.69 Å². The van der Waals surface area contributed by atoms with E-state index in [-0.39, 0.29) is 11.2 Å². The molecule has 0 bridgehead atoms. The van der Waals surface area contributed by atoms with Gasteiger partial charge in [-0.25, -0.2) is 0 Å². The maximum Gasteiger partial charge on any atom is 0.240 e. The molecule has 0 fully saturated rings. The SMILES string of the molecule is Cc1ccc(-n2cnnc2SC(C)C(=O)N2CCCc3ccccc32)cc1Cl. The van der Waals surface area contributed by atoms with Crippen molar-refractivity contribution in [1.82, 2.24) is 14.8 Å². The maximum absolute atomic E-state index is 13.2. The van der Waals surface area contributed by atoms with Gasteiger partial charge in [0.05, 0.1) is 10.9 Å². The zero-order chi connectivity index (χ0) is 19.7. The van der Waals surface area contributed by atoms with Crippen LogP contribution in [0.15, 0.2) is 53.9 Å². The van der Waals surface area contributed by atoms with Crippen LogP contribution in [0.1, 0.15) is 24.5 Å². The number of thioether (sulfide) groups is 1. The number of hydrogen-bond donors (Lipinski definition) is 0. The number of fused-ring (bicyclic) bond motifs is 1. The quantitative estimate of drug-likeness (QED) is 0.583. The second-order valence-corrected chi connectivity index (χ2v) is 8.61. The summed E-state index contributed by atoms with van der Waals surface area (Å²) in [6, 6.07) is 14.0. The van der Waals surface area contributed by atoms with Gasteiger partial charge in [-0.3, -0.25) is 9.36 Å². The molecule has 5 nitrogen and oxygen atoms in total. The first-order valence-electron chi connectivity index (χ1n) is 9.27. The van der Waals surface area contributed by atoms with E-state index in [0.717, 1.165) is 36.3 Å². The average Bonchev–Trinajstić information content (AvgIpc) is 3.17. The van der Waals surface area contributed by atoms with E-state index in [0.29, 0.717) is 10.2 Å². The van der Waals surface area contributed by atoms with Crippen molar-refractivity contribution in [1.29, 1.82) is 0 Å². The van der Waals surface area contributed by atoms with Crippen molar-refractivity contribution in [3.05, 3.63) is 64.9 Å². The molecular weight excluding hydrogens is 392 g/mol. The smallest absolute Gasteiger partial charge is 0.240 e. The number of benzene rings is 2. The molecule has 0 saturated heterocycles. The van der Waals surface area contributed by atoms with E-state index in [1.807, 2.05) is 59.7 Å². The Hall–Kier alpha value is -2.31. The Morgan fingerprint density at radius 1 is 1.25 bits per heavy atom. The molecule has 1 unspecified atom stereocenters. The summed E-state index contributed by atoms with van der Waals surface area (Å²) in [5.74, 6) is 0.0913. The number of nitrogens with zero attached hydrogens (tertiary/aromatic N) is 4. The summed E-state index contributed by atoms with van der Waals surface area (Å²) in [6.07, 6.45) is 3.65. The molecule has 1 aliphatic rings. The number of aromatic nitrogens is 3. The summed E-state index contributed by atoms with van der Waals surface area (Å²) in [4.78, 5) is 15.1. The topological polar surface area (TPSA) is 51.0 Å². The molecule has 0 radical (unpaired) electrons. The van der Waals surface area contributed by atoms with E-state index in [9.17, 15) is 4.79 Å². The third-order valence-electron chi connectivity index (χ3n) is 4.96. The van der Waals surface area contributed by atoms with Crippen LogP contribution >= 0.6 is 23.4 Å². The Labute approximate surface area is 173 Å². The molecule has 1 aromatic heterocycles. The first kappa shape index (κ1) is 19.0. The van der Waals surface area contributed by atoms with Crippen LogP contribution in [0.5, 0.6) is 0 Å². The minimum atomic E-state index is -0.282. The monoisotopic (exact) mass is 412 g/mol. The molecule has 2 aromatic carbocycles. The number of halogens is 1. The fourth-order valence-corrected chi connectivity index (χ4v) is 4.48. The number of amides is 1. The van der Waals surface area contributed by atoms with Gasteiger partial charge in [0.15, 0.2) is 5.16 Å². The lowest BCUT2D eigenvalue weighted by Gasteiger charge is -2.31. The van der Waals surface area contributed by atoms with Crippen LogP contribution in [0.3, 0.4) is 0 Å². The molecule has 4 rings (SSSR count). The van der Waals surface area contributed by atoms with Gasteiger partial charge in [-0.1, -0.05) is 47.6 Å². The second kappa shape index (κ2) is 7.97. The van der Waals surface area contributed by atoms with Crippen LogP contribution in [-0.4, -0.2) is 32.5 Å². The van der Waals surface area contributed by atoms with Crippen molar-refractivity contribution < 1.29 is 4.79 Å². The Morgan fingerprint density at radius 3 is 2.89 bits per heavy atom. The molecule has 7 heteroatoms. The molecule has 1 atom stereocenters. The summed E-state index contributed by atoms with van der Waals surface area (Å²) >= 11 is 7.68. The minimum Gasteiger partial charge on any atom is -0.311 e. The number of anilines is 1. The molecule has 144 valence electrons. The van der Waals surface area contributed by atoms with Crippen molar-refractivity contribution >= 4 is 35.0 Å². The van der Waals surface area contributed by atoms with Gasteiger partial charge < -0.3 is 4.90 Å². The van der Waals surface area contributed by atoms with Crippen LogP contribution in [0.4, 0.5) is 5.69 Å². The van der Waals surface area contributed by atoms with E-state index in [1.165, 1.54) is 17.3 Å². The van der Waals surface area contributed by atoms with E-state index in [1.54, 1.807) is 6.33 Å². The van der Waals surface area contributed by atoms with Gasteiger partial charge >= 0.3 is 0 Å². The summed E-state index contributed by atoms with van der Waals surface area (Å²) in [7, 11) is 0. The fourth-order valence-electron chi connectivity index (χ4n) is 3.40. The third kappa shape index (κ3) is 3.66. The molecule has 1 aliphatic heterocycles. The Balaban J connectivity index is 1.55. The molecular formula is C21H21ClN4OS. The van der Waals surface area contributed by atoms with Crippen molar-refractivity contribution in [3.8, 4) is 5.69 Å². The summed E-state index contributed by atoms with van der Waals surface area (Å²) in [6.45, 7) is 4.64. The summed E-state index contributed by atoms with van der Waals surface area (Å²) in [5, 5.41) is 9.34.